The number of carbonyl (C=O) groups excluding carboxylic acids is 3. The third-order valence-electron chi connectivity index (χ3n) is 3.73. The molecular weight excluding hydrogens is 364 g/mol. The van der Waals surface area contributed by atoms with Crippen LogP contribution in [0, 0.1) is 0 Å². The van der Waals surface area contributed by atoms with E-state index in [0.29, 0.717) is 15.7 Å². The van der Waals surface area contributed by atoms with Gasteiger partial charge in [0.15, 0.2) is 5.13 Å². The van der Waals surface area contributed by atoms with Gasteiger partial charge >= 0.3 is 6.03 Å². The minimum atomic E-state index is -0.711. The van der Waals surface area contributed by atoms with Gasteiger partial charge in [-0.05, 0) is 18.1 Å². The van der Waals surface area contributed by atoms with Crippen LogP contribution in [0.15, 0.2) is 35.8 Å². The lowest BCUT2D eigenvalue weighted by Gasteiger charge is -2.14. The Bertz CT molecular complexity index is 796. The van der Waals surface area contributed by atoms with Crippen molar-refractivity contribution in [2.45, 2.75) is 25.4 Å². The van der Waals surface area contributed by atoms with Crippen molar-refractivity contribution < 1.29 is 14.4 Å². The summed E-state index contributed by atoms with van der Waals surface area (Å²) in [5, 5.41) is 8.01. The Morgan fingerprint density at radius 3 is 2.88 bits per heavy atom. The summed E-state index contributed by atoms with van der Waals surface area (Å²) < 4.78 is 0. The molecule has 0 bridgehead atoms. The van der Waals surface area contributed by atoms with Crippen LogP contribution in [0.25, 0.3) is 0 Å². The monoisotopic (exact) mass is 378 g/mol. The van der Waals surface area contributed by atoms with Gasteiger partial charge in [-0.3, -0.25) is 14.5 Å². The van der Waals surface area contributed by atoms with Crippen molar-refractivity contribution in [3.8, 4) is 0 Å². The van der Waals surface area contributed by atoms with E-state index in [2.05, 4.69) is 15.6 Å². The van der Waals surface area contributed by atoms with Crippen molar-refractivity contribution in [3.05, 3.63) is 46.4 Å². The van der Waals surface area contributed by atoms with E-state index in [4.69, 9.17) is 11.6 Å². The maximum Gasteiger partial charge on any atom is 0.325 e. The van der Waals surface area contributed by atoms with Gasteiger partial charge < -0.3 is 10.6 Å². The summed E-state index contributed by atoms with van der Waals surface area (Å²) >= 11 is 7.39. The molecule has 1 fully saturated rings. The van der Waals surface area contributed by atoms with Gasteiger partial charge in [-0.2, -0.15) is 0 Å². The number of hydrogen-bond donors (Lipinski definition) is 2. The average Bonchev–Trinajstić information content (AvgIpc) is 3.18. The van der Waals surface area contributed by atoms with Crippen molar-refractivity contribution in [1.29, 1.82) is 0 Å². The summed E-state index contributed by atoms with van der Waals surface area (Å²) in [6.45, 7) is 0.103. The average molecular weight is 379 g/mol. The summed E-state index contributed by atoms with van der Waals surface area (Å²) in [5.74, 6) is -0.603. The Morgan fingerprint density at radius 1 is 1.36 bits per heavy atom. The zero-order valence-electron chi connectivity index (χ0n) is 13.1. The maximum atomic E-state index is 12.4. The molecule has 3 rings (SSSR count). The molecule has 1 aromatic heterocycles. The predicted octanol–water partition coefficient (Wildman–Crippen LogP) is 2.64. The van der Waals surface area contributed by atoms with Crippen LogP contribution in [0.1, 0.15) is 18.4 Å². The number of amides is 4. The molecule has 2 aromatic rings. The third-order valence-corrected chi connectivity index (χ3v) is 4.79. The number of urea groups is 1. The Kier molecular flexibility index (Phi) is 5.30. The molecule has 0 unspecified atom stereocenters. The summed E-state index contributed by atoms with van der Waals surface area (Å²) in [6, 6.07) is 5.85. The molecule has 1 aromatic carbocycles. The predicted molar refractivity (Wildman–Crippen MR) is 94.3 cm³/mol. The van der Waals surface area contributed by atoms with Crippen molar-refractivity contribution in [2.75, 3.05) is 5.32 Å². The molecule has 25 heavy (non-hydrogen) atoms. The van der Waals surface area contributed by atoms with Crippen molar-refractivity contribution in [1.82, 2.24) is 15.2 Å². The maximum absolute atomic E-state index is 12.4. The number of imide groups is 1. The van der Waals surface area contributed by atoms with Crippen LogP contribution < -0.4 is 10.6 Å². The molecular formula is C16H15ClN4O3S. The molecule has 1 aliphatic rings. The number of nitrogens with zero attached hydrogens (tertiary/aromatic N) is 2. The molecule has 4 amide bonds. The fraction of sp³-hybridized carbons (Fsp3) is 0.250. The van der Waals surface area contributed by atoms with Gasteiger partial charge in [0.1, 0.15) is 6.04 Å². The number of halogens is 1. The molecule has 1 aliphatic heterocycles. The van der Waals surface area contributed by atoms with Crippen LogP contribution in [0.5, 0.6) is 0 Å². The van der Waals surface area contributed by atoms with Crippen LogP contribution in [-0.4, -0.2) is 33.8 Å². The van der Waals surface area contributed by atoms with Gasteiger partial charge in [-0.15, -0.1) is 11.3 Å². The summed E-state index contributed by atoms with van der Waals surface area (Å²) in [7, 11) is 0. The van der Waals surface area contributed by atoms with E-state index in [1.165, 1.54) is 11.3 Å². The SMILES string of the molecule is O=C(CC[C@H]1NC(=O)N(Cc2ccccc2Cl)C1=O)Nc1nccs1. The van der Waals surface area contributed by atoms with Gasteiger partial charge in [-0.1, -0.05) is 29.8 Å². The Morgan fingerprint density at radius 2 is 2.16 bits per heavy atom. The lowest BCUT2D eigenvalue weighted by molar-refractivity contribution is -0.128. The Hall–Kier alpha value is -2.45. The number of thiazole rings is 1. The van der Waals surface area contributed by atoms with E-state index < -0.39 is 12.1 Å². The van der Waals surface area contributed by atoms with Crippen LogP contribution in [-0.2, 0) is 16.1 Å². The molecule has 2 N–H and O–H groups in total. The largest absolute Gasteiger partial charge is 0.326 e. The number of nitrogens with one attached hydrogen (secondary N) is 2. The first-order chi connectivity index (χ1) is 12.0. The Balaban J connectivity index is 1.56. The van der Waals surface area contributed by atoms with Gasteiger partial charge in [0.25, 0.3) is 5.91 Å². The summed E-state index contributed by atoms with van der Waals surface area (Å²) in [4.78, 5) is 41.4. The molecule has 7 nitrogen and oxygen atoms in total. The van der Waals surface area contributed by atoms with Crippen LogP contribution in [0.3, 0.4) is 0 Å². The molecule has 1 saturated heterocycles. The van der Waals surface area contributed by atoms with E-state index in [1.807, 2.05) is 0 Å². The summed E-state index contributed by atoms with van der Waals surface area (Å²) in [5.41, 5.74) is 0.690. The van der Waals surface area contributed by atoms with Crippen LogP contribution in [0.2, 0.25) is 5.02 Å². The first kappa shape index (κ1) is 17.4. The highest BCUT2D eigenvalue weighted by molar-refractivity contribution is 7.13. The molecule has 130 valence electrons. The van der Waals surface area contributed by atoms with Crippen LogP contribution >= 0.6 is 22.9 Å². The quantitative estimate of drug-likeness (QED) is 0.756. The van der Waals surface area contributed by atoms with Crippen LogP contribution in [0.4, 0.5) is 9.93 Å². The zero-order valence-corrected chi connectivity index (χ0v) is 14.6. The van der Waals surface area contributed by atoms with Crippen molar-refractivity contribution >= 4 is 45.9 Å². The molecule has 0 aliphatic carbocycles. The minimum Gasteiger partial charge on any atom is -0.326 e. The lowest BCUT2D eigenvalue weighted by Crippen LogP contribution is -2.31. The number of anilines is 1. The molecule has 0 radical (unpaired) electrons. The highest BCUT2D eigenvalue weighted by Crippen LogP contribution is 2.20. The molecule has 0 spiro atoms. The van der Waals surface area contributed by atoms with Crippen molar-refractivity contribution in [3.63, 3.8) is 0 Å². The van der Waals surface area contributed by atoms with Crippen molar-refractivity contribution in [2.24, 2.45) is 0 Å². The first-order valence-electron chi connectivity index (χ1n) is 7.59. The minimum absolute atomic E-state index is 0.103. The number of aromatic nitrogens is 1. The second kappa shape index (κ2) is 7.62. The van der Waals surface area contributed by atoms with Gasteiger partial charge in [0.05, 0.1) is 6.54 Å². The highest BCUT2D eigenvalue weighted by Gasteiger charge is 2.38. The van der Waals surface area contributed by atoms with Gasteiger partial charge in [0, 0.05) is 23.0 Å². The normalized spacial score (nSPS) is 16.8. The topological polar surface area (TPSA) is 91.4 Å². The second-order valence-corrected chi connectivity index (χ2v) is 6.74. The number of benzene rings is 1. The Labute approximate surface area is 153 Å². The smallest absolute Gasteiger partial charge is 0.325 e. The third kappa shape index (κ3) is 4.15. The lowest BCUT2D eigenvalue weighted by atomic mass is 10.1. The fourth-order valence-corrected chi connectivity index (χ4v) is 3.20. The number of hydrogen-bond acceptors (Lipinski definition) is 5. The second-order valence-electron chi connectivity index (χ2n) is 5.44. The van der Waals surface area contributed by atoms with Gasteiger partial charge in [0.2, 0.25) is 5.91 Å². The standard InChI is InChI=1S/C16H15ClN4O3S/c17-11-4-2-1-3-10(11)9-21-14(23)12(19-16(21)24)5-6-13(22)20-15-18-7-8-25-15/h1-4,7-8,12H,5-6,9H2,(H,19,24)(H,18,20,22)/t12-/m1/s1. The first-order valence-corrected chi connectivity index (χ1v) is 8.85. The van der Waals surface area contributed by atoms with E-state index in [0.717, 1.165) is 4.90 Å². The molecule has 1 atom stereocenters. The highest BCUT2D eigenvalue weighted by atomic mass is 35.5. The molecule has 0 saturated carbocycles. The molecule has 2 heterocycles. The zero-order chi connectivity index (χ0) is 17.8. The van der Waals surface area contributed by atoms with E-state index in [9.17, 15) is 14.4 Å². The van der Waals surface area contributed by atoms with E-state index >= 15 is 0 Å². The number of carbonyl (C=O) groups is 3. The van der Waals surface area contributed by atoms with Gasteiger partial charge in [-0.25, -0.2) is 9.78 Å². The number of rotatable bonds is 6. The van der Waals surface area contributed by atoms with E-state index in [-0.39, 0.29) is 31.2 Å². The summed E-state index contributed by atoms with van der Waals surface area (Å²) in [6.07, 6.45) is 1.92. The van der Waals surface area contributed by atoms with E-state index in [1.54, 1.807) is 35.8 Å². The fourth-order valence-electron chi connectivity index (χ4n) is 2.46. The molecule has 9 heteroatoms.